The maximum atomic E-state index is 12.5. The second-order valence-corrected chi connectivity index (χ2v) is 6.89. The Morgan fingerprint density at radius 3 is 2.58 bits per heavy atom. The lowest BCUT2D eigenvalue weighted by atomic mass is 10.0. The van der Waals surface area contributed by atoms with Gasteiger partial charge >= 0.3 is 0 Å². The van der Waals surface area contributed by atoms with Gasteiger partial charge in [-0.3, -0.25) is 19.5 Å². The normalized spacial score (nSPS) is 22.7. The zero-order chi connectivity index (χ0) is 17.1. The number of aromatic nitrogens is 1. The molecule has 0 aliphatic carbocycles. The molecule has 2 aliphatic rings. The molecule has 2 saturated heterocycles. The highest BCUT2D eigenvalue weighted by Gasteiger charge is 2.36. The fourth-order valence-corrected chi connectivity index (χ4v) is 3.87. The van der Waals surface area contributed by atoms with Crippen molar-refractivity contribution in [1.29, 1.82) is 0 Å². The largest absolute Gasteiger partial charge is 0.368 e. The van der Waals surface area contributed by atoms with E-state index in [1.54, 1.807) is 6.20 Å². The van der Waals surface area contributed by atoms with Crippen molar-refractivity contribution in [3.05, 3.63) is 29.6 Å². The predicted octanol–water partition coefficient (Wildman–Crippen LogP) is 0.873. The van der Waals surface area contributed by atoms with E-state index in [4.69, 9.17) is 5.73 Å². The molecule has 0 aromatic carbocycles. The van der Waals surface area contributed by atoms with Crippen molar-refractivity contribution in [1.82, 2.24) is 14.8 Å². The Kier molecular flexibility index (Phi) is 5.14. The molecule has 0 saturated carbocycles. The molecule has 2 amide bonds. The summed E-state index contributed by atoms with van der Waals surface area (Å²) in [6.07, 6.45) is 5.93. The smallest absolute Gasteiger partial charge is 0.234 e. The number of carbonyl (C=O) groups is 2. The summed E-state index contributed by atoms with van der Waals surface area (Å²) < 4.78 is 0. The SMILES string of the molecule is Cc1ccc(CC(=O)N2CCC(N3CCC[C@@H]3C(N)=O)CC2)cn1. The number of hydrogen-bond acceptors (Lipinski definition) is 4. The molecule has 1 aromatic rings. The van der Waals surface area contributed by atoms with Crippen molar-refractivity contribution in [3.8, 4) is 0 Å². The molecular formula is C18H26N4O2. The van der Waals surface area contributed by atoms with Crippen LogP contribution in [0.25, 0.3) is 0 Å². The average molecular weight is 330 g/mol. The van der Waals surface area contributed by atoms with Crippen LogP contribution < -0.4 is 5.73 Å². The van der Waals surface area contributed by atoms with Crippen LogP contribution in [0.1, 0.15) is 36.9 Å². The number of piperidine rings is 1. The van der Waals surface area contributed by atoms with Gasteiger partial charge < -0.3 is 10.6 Å². The first-order valence-corrected chi connectivity index (χ1v) is 8.79. The van der Waals surface area contributed by atoms with E-state index in [2.05, 4.69) is 9.88 Å². The molecule has 0 radical (unpaired) electrons. The predicted molar refractivity (Wildman–Crippen MR) is 91.2 cm³/mol. The molecule has 0 spiro atoms. The summed E-state index contributed by atoms with van der Waals surface area (Å²) in [5.41, 5.74) is 7.43. The van der Waals surface area contributed by atoms with Gasteiger partial charge in [0, 0.05) is 31.0 Å². The van der Waals surface area contributed by atoms with E-state index < -0.39 is 0 Å². The number of rotatable bonds is 4. The number of amides is 2. The van der Waals surface area contributed by atoms with Crippen molar-refractivity contribution >= 4 is 11.8 Å². The average Bonchev–Trinajstić information content (AvgIpc) is 3.07. The van der Waals surface area contributed by atoms with Crippen LogP contribution in [0.3, 0.4) is 0 Å². The molecular weight excluding hydrogens is 304 g/mol. The van der Waals surface area contributed by atoms with Crippen LogP contribution >= 0.6 is 0 Å². The van der Waals surface area contributed by atoms with Crippen LogP contribution in [0.5, 0.6) is 0 Å². The highest BCUT2D eigenvalue weighted by molar-refractivity contribution is 5.80. The Morgan fingerprint density at radius 2 is 1.96 bits per heavy atom. The van der Waals surface area contributed by atoms with E-state index >= 15 is 0 Å². The maximum Gasteiger partial charge on any atom is 0.234 e. The number of likely N-dealkylation sites (tertiary alicyclic amines) is 2. The van der Waals surface area contributed by atoms with Gasteiger partial charge in [-0.15, -0.1) is 0 Å². The fourth-order valence-electron chi connectivity index (χ4n) is 3.87. The van der Waals surface area contributed by atoms with E-state index in [0.29, 0.717) is 12.5 Å². The molecule has 3 rings (SSSR count). The number of hydrogen-bond donors (Lipinski definition) is 1. The van der Waals surface area contributed by atoms with Gasteiger partial charge in [-0.2, -0.15) is 0 Å². The topological polar surface area (TPSA) is 79.5 Å². The van der Waals surface area contributed by atoms with Crippen LogP contribution in [0.15, 0.2) is 18.3 Å². The van der Waals surface area contributed by atoms with Crippen LogP contribution in [-0.4, -0.2) is 58.3 Å². The molecule has 1 atom stereocenters. The van der Waals surface area contributed by atoms with E-state index in [-0.39, 0.29) is 17.9 Å². The summed E-state index contributed by atoms with van der Waals surface area (Å²) in [4.78, 5) is 32.5. The number of carbonyl (C=O) groups excluding carboxylic acids is 2. The standard InChI is InChI=1S/C18H26N4O2/c1-13-4-5-14(12-20-13)11-17(23)21-9-6-15(7-10-21)22-8-2-3-16(22)18(19)24/h4-5,12,15-16H,2-3,6-11H2,1H3,(H2,19,24)/t16-/m1/s1. The van der Waals surface area contributed by atoms with Gasteiger partial charge in [-0.1, -0.05) is 6.07 Å². The second-order valence-electron chi connectivity index (χ2n) is 6.89. The number of primary amides is 1. The fraction of sp³-hybridized carbons (Fsp3) is 0.611. The van der Waals surface area contributed by atoms with Crippen molar-refractivity contribution in [2.24, 2.45) is 5.73 Å². The number of pyridine rings is 1. The van der Waals surface area contributed by atoms with Gasteiger partial charge in [0.25, 0.3) is 0 Å². The van der Waals surface area contributed by atoms with Crippen molar-refractivity contribution in [2.45, 2.75) is 51.1 Å². The zero-order valence-corrected chi connectivity index (χ0v) is 14.3. The Morgan fingerprint density at radius 1 is 1.21 bits per heavy atom. The van der Waals surface area contributed by atoms with E-state index in [1.165, 1.54) is 0 Å². The molecule has 6 nitrogen and oxygen atoms in total. The molecule has 2 fully saturated rings. The van der Waals surface area contributed by atoms with Gasteiger partial charge in [-0.05, 0) is 50.8 Å². The Hall–Kier alpha value is -1.95. The Labute approximate surface area is 143 Å². The molecule has 0 unspecified atom stereocenters. The van der Waals surface area contributed by atoms with Gasteiger partial charge in [0.05, 0.1) is 12.5 Å². The maximum absolute atomic E-state index is 12.5. The van der Waals surface area contributed by atoms with Gasteiger partial charge in [-0.25, -0.2) is 0 Å². The highest BCUT2D eigenvalue weighted by atomic mass is 16.2. The highest BCUT2D eigenvalue weighted by Crippen LogP contribution is 2.26. The summed E-state index contributed by atoms with van der Waals surface area (Å²) in [6, 6.07) is 4.16. The molecule has 3 heterocycles. The van der Waals surface area contributed by atoms with E-state index in [9.17, 15) is 9.59 Å². The van der Waals surface area contributed by atoms with Crippen LogP contribution in [-0.2, 0) is 16.0 Å². The number of nitrogens with zero attached hydrogens (tertiary/aromatic N) is 3. The van der Waals surface area contributed by atoms with Gasteiger partial charge in [0.15, 0.2) is 0 Å². The van der Waals surface area contributed by atoms with Gasteiger partial charge in [0.2, 0.25) is 11.8 Å². The zero-order valence-electron chi connectivity index (χ0n) is 14.3. The summed E-state index contributed by atoms with van der Waals surface area (Å²) >= 11 is 0. The second kappa shape index (κ2) is 7.30. The molecule has 1 aromatic heterocycles. The molecule has 2 N–H and O–H groups in total. The Bertz CT molecular complexity index is 594. The lowest BCUT2D eigenvalue weighted by Crippen LogP contribution is -2.51. The number of aryl methyl sites for hydroxylation is 1. The molecule has 130 valence electrons. The summed E-state index contributed by atoms with van der Waals surface area (Å²) in [6.45, 7) is 4.39. The minimum absolute atomic E-state index is 0.115. The first kappa shape index (κ1) is 16.9. The van der Waals surface area contributed by atoms with E-state index in [1.807, 2.05) is 24.0 Å². The lowest BCUT2D eigenvalue weighted by molar-refractivity contribution is -0.133. The van der Waals surface area contributed by atoms with Gasteiger partial charge in [0.1, 0.15) is 0 Å². The molecule has 24 heavy (non-hydrogen) atoms. The lowest BCUT2D eigenvalue weighted by Gasteiger charge is -2.38. The van der Waals surface area contributed by atoms with Crippen molar-refractivity contribution in [3.63, 3.8) is 0 Å². The monoisotopic (exact) mass is 330 g/mol. The summed E-state index contributed by atoms with van der Waals surface area (Å²) in [5.74, 6) is -0.0511. The first-order chi connectivity index (χ1) is 11.5. The third-order valence-electron chi connectivity index (χ3n) is 5.24. The molecule has 6 heteroatoms. The third kappa shape index (κ3) is 3.75. The van der Waals surface area contributed by atoms with Crippen molar-refractivity contribution < 1.29 is 9.59 Å². The van der Waals surface area contributed by atoms with E-state index in [0.717, 1.165) is 56.6 Å². The first-order valence-electron chi connectivity index (χ1n) is 8.79. The quantitative estimate of drug-likeness (QED) is 0.888. The Balaban J connectivity index is 1.52. The molecule has 0 bridgehead atoms. The third-order valence-corrected chi connectivity index (χ3v) is 5.24. The van der Waals surface area contributed by atoms with Crippen LogP contribution in [0, 0.1) is 6.92 Å². The minimum Gasteiger partial charge on any atom is -0.368 e. The van der Waals surface area contributed by atoms with Crippen LogP contribution in [0.4, 0.5) is 0 Å². The van der Waals surface area contributed by atoms with Crippen molar-refractivity contribution in [2.75, 3.05) is 19.6 Å². The summed E-state index contributed by atoms with van der Waals surface area (Å²) in [5, 5.41) is 0. The molecule has 2 aliphatic heterocycles. The summed E-state index contributed by atoms with van der Waals surface area (Å²) in [7, 11) is 0. The minimum atomic E-state index is -0.210. The number of nitrogens with two attached hydrogens (primary N) is 1. The van der Waals surface area contributed by atoms with Crippen LogP contribution in [0.2, 0.25) is 0 Å².